The summed E-state index contributed by atoms with van der Waals surface area (Å²) in [5, 5.41) is 11.8. The molecule has 2 heterocycles. The first-order valence-electron chi connectivity index (χ1n) is 5.81. The van der Waals surface area contributed by atoms with E-state index in [4.69, 9.17) is 5.11 Å². The maximum absolute atomic E-state index is 12.0. The lowest BCUT2D eigenvalue weighted by Crippen LogP contribution is -2.43. The highest BCUT2D eigenvalue weighted by molar-refractivity contribution is 7.99. The molecule has 19 heavy (non-hydrogen) atoms. The first-order valence-corrected chi connectivity index (χ1v) is 6.79. The zero-order valence-electron chi connectivity index (χ0n) is 10.3. The molecule has 0 unspecified atom stereocenters. The van der Waals surface area contributed by atoms with Gasteiger partial charge in [0.1, 0.15) is 11.6 Å². The highest BCUT2D eigenvalue weighted by Crippen LogP contribution is 2.20. The Balaban J connectivity index is 2.25. The number of nitrogens with zero attached hydrogens (tertiary/aromatic N) is 2. The highest BCUT2D eigenvalue weighted by atomic mass is 32.2. The summed E-state index contributed by atoms with van der Waals surface area (Å²) in [5.41, 5.74) is -0.543. The lowest BCUT2D eigenvalue weighted by atomic mass is 10.2. The van der Waals surface area contributed by atoms with Gasteiger partial charge >= 0.3 is 5.97 Å². The largest absolute Gasteiger partial charge is 0.480 e. The maximum Gasteiger partial charge on any atom is 0.326 e. The van der Waals surface area contributed by atoms with E-state index in [1.807, 2.05) is 0 Å². The molecule has 0 spiro atoms. The number of carbonyl (C=O) groups is 2. The van der Waals surface area contributed by atoms with Crippen molar-refractivity contribution in [2.45, 2.75) is 31.1 Å². The van der Waals surface area contributed by atoms with Crippen LogP contribution in [0.1, 0.15) is 23.7 Å². The molecule has 1 aromatic rings. The summed E-state index contributed by atoms with van der Waals surface area (Å²) in [4.78, 5) is 38.8. The van der Waals surface area contributed by atoms with Crippen molar-refractivity contribution in [2.24, 2.45) is 0 Å². The summed E-state index contributed by atoms with van der Waals surface area (Å²) in [5.74, 6) is -1.07. The number of hydrogen-bond acceptors (Lipinski definition) is 5. The van der Waals surface area contributed by atoms with Crippen LogP contribution in [0.4, 0.5) is 0 Å². The van der Waals surface area contributed by atoms with Crippen LogP contribution >= 0.6 is 11.8 Å². The van der Waals surface area contributed by atoms with Crippen molar-refractivity contribution in [1.29, 1.82) is 0 Å². The Bertz CT molecular complexity index is 584. The summed E-state index contributed by atoms with van der Waals surface area (Å²) < 4.78 is 1.43. The van der Waals surface area contributed by atoms with Crippen molar-refractivity contribution in [2.75, 3.05) is 5.75 Å². The number of rotatable bonds is 4. The lowest BCUT2D eigenvalue weighted by Gasteiger charge is -2.12. The van der Waals surface area contributed by atoms with E-state index in [1.54, 1.807) is 6.92 Å². The van der Waals surface area contributed by atoms with Crippen LogP contribution in [0, 0.1) is 0 Å². The van der Waals surface area contributed by atoms with E-state index >= 15 is 0 Å². The first-order chi connectivity index (χ1) is 9.04. The second-order valence-electron chi connectivity index (χ2n) is 4.03. The maximum atomic E-state index is 12.0. The number of aromatic nitrogens is 2. The normalized spacial score (nSPS) is 14.8. The van der Waals surface area contributed by atoms with Crippen LogP contribution in [0.2, 0.25) is 0 Å². The topological polar surface area (TPSA) is 101 Å². The van der Waals surface area contributed by atoms with Gasteiger partial charge in [-0.3, -0.25) is 14.2 Å². The van der Waals surface area contributed by atoms with Crippen LogP contribution in [-0.2, 0) is 11.3 Å². The molecule has 2 N–H and O–H groups in total. The molecule has 7 nitrogen and oxygen atoms in total. The van der Waals surface area contributed by atoms with E-state index in [1.165, 1.54) is 22.5 Å². The third-order valence-electron chi connectivity index (χ3n) is 2.81. The van der Waals surface area contributed by atoms with Crippen LogP contribution in [0.25, 0.3) is 0 Å². The van der Waals surface area contributed by atoms with Crippen LogP contribution < -0.4 is 10.9 Å². The number of nitrogens with one attached hydrogen (secondary N) is 1. The minimum Gasteiger partial charge on any atom is -0.480 e. The molecule has 1 amide bonds. The fourth-order valence-electron chi connectivity index (χ4n) is 1.75. The zero-order valence-corrected chi connectivity index (χ0v) is 11.1. The Morgan fingerprint density at radius 3 is 3.00 bits per heavy atom. The third kappa shape index (κ3) is 2.62. The quantitative estimate of drug-likeness (QED) is 0.751. The Morgan fingerprint density at radius 2 is 2.37 bits per heavy atom. The number of amides is 1. The second-order valence-corrected chi connectivity index (χ2v) is 5.09. The Morgan fingerprint density at radius 1 is 1.63 bits per heavy atom. The fraction of sp³-hybridized carbons (Fsp3) is 0.455. The van der Waals surface area contributed by atoms with Gasteiger partial charge in [0.25, 0.3) is 11.5 Å². The fourth-order valence-corrected chi connectivity index (χ4v) is 2.66. The molecule has 0 saturated carbocycles. The average Bonchev–Trinajstić information content (AvgIpc) is 2.84. The van der Waals surface area contributed by atoms with Crippen molar-refractivity contribution in [3.63, 3.8) is 0 Å². The average molecular weight is 283 g/mol. The van der Waals surface area contributed by atoms with Crippen LogP contribution in [0.3, 0.4) is 0 Å². The summed E-state index contributed by atoms with van der Waals surface area (Å²) in [6.45, 7) is 2.16. The number of fused-ring (bicyclic) bond motifs is 1. The van der Waals surface area contributed by atoms with E-state index in [-0.39, 0.29) is 12.0 Å². The first kappa shape index (κ1) is 13.6. The van der Waals surface area contributed by atoms with E-state index in [9.17, 15) is 14.4 Å². The summed E-state index contributed by atoms with van der Waals surface area (Å²) in [7, 11) is 0. The van der Waals surface area contributed by atoms with Crippen LogP contribution in [0.15, 0.2) is 16.1 Å². The number of thioether (sulfide) groups is 1. The predicted molar refractivity (Wildman–Crippen MR) is 68.4 cm³/mol. The minimum absolute atomic E-state index is 0.119. The number of carbonyl (C=O) groups excluding carboxylic acids is 1. The lowest BCUT2D eigenvalue weighted by molar-refractivity contribution is -0.139. The second kappa shape index (κ2) is 5.43. The van der Waals surface area contributed by atoms with Gasteiger partial charge in [0.15, 0.2) is 5.16 Å². The molecular formula is C11H13N3O4S. The van der Waals surface area contributed by atoms with Crippen molar-refractivity contribution in [3.8, 4) is 0 Å². The molecule has 2 rings (SSSR count). The summed E-state index contributed by atoms with van der Waals surface area (Å²) in [6, 6.07) is -1.00. The van der Waals surface area contributed by atoms with E-state index in [0.29, 0.717) is 11.7 Å². The number of hydrogen-bond donors (Lipinski definition) is 2. The van der Waals surface area contributed by atoms with Gasteiger partial charge in [-0.05, 0) is 6.42 Å². The minimum atomic E-state index is -1.12. The molecule has 1 aliphatic rings. The van der Waals surface area contributed by atoms with Crippen molar-refractivity contribution in [1.82, 2.24) is 14.9 Å². The molecule has 1 atom stereocenters. The molecule has 0 radical (unpaired) electrons. The molecule has 0 saturated heterocycles. The Hall–Kier alpha value is -1.83. The van der Waals surface area contributed by atoms with Gasteiger partial charge in [0.05, 0.1) is 0 Å². The molecular weight excluding hydrogens is 270 g/mol. The Kier molecular flexibility index (Phi) is 3.89. The molecule has 1 aromatic heterocycles. The number of carboxylic acid groups (broad SMARTS) is 1. The molecule has 8 heteroatoms. The van der Waals surface area contributed by atoms with Gasteiger partial charge in [-0.2, -0.15) is 0 Å². The third-order valence-corrected chi connectivity index (χ3v) is 3.78. The van der Waals surface area contributed by atoms with Crippen molar-refractivity contribution in [3.05, 3.63) is 22.1 Å². The van der Waals surface area contributed by atoms with E-state index < -0.39 is 23.5 Å². The van der Waals surface area contributed by atoms with Crippen molar-refractivity contribution >= 4 is 23.6 Å². The van der Waals surface area contributed by atoms with Gasteiger partial charge in [-0.15, -0.1) is 0 Å². The van der Waals surface area contributed by atoms with Crippen LogP contribution in [-0.4, -0.2) is 38.3 Å². The number of carboxylic acids is 1. The zero-order chi connectivity index (χ0) is 14.0. The summed E-state index contributed by atoms with van der Waals surface area (Å²) in [6.07, 6.45) is 1.45. The van der Waals surface area contributed by atoms with Gasteiger partial charge < -0.3 is 10.4 Å². The molecule has 0 aromatic carbocycles. The predicted octanol–water partition coefficient (Wildman–Crippen LogP) is -0.0580. The molecule has 102 valence electrons. The van der Waals surface area contributed by atoms with E-state index in [2.05, 4.69) is 10.3 Å². The monoisotopic (exact) mass is 283 g/mol. The van der Waals surface area contributed by atoms with Gasteiger partial charge in [0, 0.05) is 18.5 Å². The highest BCUT2D eigenvalue weighted by Gasteiger charge is 2.23. The molecule has 0 bridgehead atoms. The molecule has 0 aliphatic carbocycles. The van der Waals surface area contributed by atoms with Gasteiger partial charge in [-0.1, -0.05) is 18.7 Å². The van der Waals surface area contributed by atoms with Gasteiger partial charge in [-0.25, -0.2) is 9.78 Å². The standard InChI is InChI=1S/C11H13N3O4S/c1-2-7(10(17)18)13-8(15)6-5-12-11-14(9(6)16)3-4-19-11/h5,7H,2-4H2,1H3,(H,13,15)(H,17,18)/t7-/m1/s1. The van der Waals surface area contributed by atoms with Crippen LogP contribution in [0.5, 0.6) is 0 Å². The van der Waals surface area contributed by atoms with E-state index in [0.717, 1.165) is 5.75 Å². The summed E-state index contributed by atoms with van der Waals surface area (Å²) >= 11 is 1.45. The molecule has 1 aliphatic heterocycles. The smallest absolute Gasteiger partial charge is 0.326 e. The van der Waals surface area contributed by atoms with Crippen molar-refractivity contribution < 1.29 is 14.7 Å². The SMILES string of the molecule is CC[C@@H](NC(=O)c1cnc2n(c1=O)CCS2)C(=O)O. The number of aliphatic carboxylic acids is 1. The Labute approximate surface area is 113 Å². The molecule has 0 fully saturated rings. The van der Waals surface area contributed by atoms with Gasteiger partial charge in [0.2, 0.25) is 0 Å².